The zero-order valence-corrected chi connectivity index (χ0v) is 10.4. The van der Waals surface area contributed by atoms with Crippen LogP contribution in [0.5, 0.6) is 5.75 Å². The fraction of sp³-hybridized carbons (Fsp3) is 0.143. The molecule has 21 heavy (non-hydrogen) atoms. The van der Waals surface area contributed by atoms with Crippen molar-refractivity contribution in [2.24, 2.45) is 0 Å². The maximum absolute atomic E-state index is 13.4. The molecule has 0 bridgehead atoms. The van der Waals surface area contributed by atoms with E-state index < -0.39 is 29.6 Å². The molecule has 3 rings (SSSR count). The van der Waals surface area contributed by atoms with Gasteiger partial charge in [-0.15, -0.1) is 0 Å². The van der Waals surface area contributed by atoms with Gasteiger partial charge in [0.25, 0.3) is 0 Å². The Balaban J connectivity index is 2.51. The van der Waals surface area contributed by atoms with Crippen LogP contribution in [0.1, 0.15) is 26.3 Å². The summed E-state index contributed by atoms with van der Waals surface area (Å²) in [4.78, 5) is 23.0. The number of cyclic esters (lactones) is 1. The molecule has 0 spiro atoms. The molecule has 2 N–H and O–H groups in total. The molecule has 1 aliphatic heterocycles. The SMILES string of the molecule is O=Cc1c2c(c3cc(F)c(F)cc3c1O)C(=O)OC(O)C2. The Kier molecular flexibility index (Phi) is 2.87. The average molecular weight is 294 g/mol. The van der Waals surface area contributed by atoms with Gasteiger partial charge >= 0.3 is 5.97 Å². The van der Waals surface area contributed by atoms with Gasteiger partial charge in [0.05, 0.1) is 11.1 Å². The number of ether oxygens (including phenoxy) is 1. The molecule has 2 aromatic rings. The van der Waals surface area contributed by atoms with Gasteiger partial charge in [0.15, 0.2) is 17.9 Å². The topological polar surface area (TPSA) is 83.8 Å². The molecule has 5 nitrogen and oxygen atoms in total. The number of hydrogen-bond donors (Lipinski definition) is 2. The van der Waals surface area contributed by atoms with Gasteiger partial charge < -0.3 is 14.9 Å². The largest absolute Gasteiger partial charge is 0.507 e. The lowest BCUT2D eigenvalue weighted by Crippen LogP contribution is -2.28. The number of hydrogen-bond acceptors (Lipinski definition) is 5. The summed E-state index contributed by atoms with van der Waals surface area (Å²) in [5.41, 5.74) is -0.363. The Morgan fingerprint density at radius 3 is 2.48 bits per heavy atom. The number of carbonyl (C=O) groups excluding carboxylic acids is 2. The lowest BCUT2D eigenvalue weighted by Gasteiger charge is -2.24. The number of halogens is 2. The minimum absolute atomic E-state index is 0.0461. The predicted molar refractivity (Wildman–Crippen MR) is 66.0 cm³/mol. The molecule has 0 aromatic heterocycles. The lowest BCUT2D eigenvalue weighted by atomic mass is 9.90. The van der Waals surface area contributed by atoms with E-state index in [1.165, 1.54) is 0 Å². The van der Waals surface area contributed by atoms with Gasteiger partial charge in [0.1, 0.15) is 5.75 Å². The lowest BCUT2D eigenvalue weighted by molar-refractivity contribution is -0.0685. The van der Waals surface area contributed by atoms with Gasteiger partial charge in [0, 0.05) is 17.2 Å². The highest BCUT2D eigenvalue weighted by atomic mass is 19.2. The highest BCUT2D eigenvalue weighted by Gasteiger charge is 2.32. The Labute approximate surface area is 116 Å². The first kappa shape index (κ1) is 13.4. The van der Waals surface area contributed by atoms with Crippen LogP contribution in [0.2, 0.25) is 0 Å². The summed E-state index contributed by atoms with van der Waals surface area (Å²) < 4.78 is 31.4. The van der Waals surface area contributed by atoms with Gasteiger partial charge in [-0.3, -0.25) is 4.79 Å². The third kappa shape index (κ3) is 1.85. The van der Waals surface area contributed by atoms with Crippen LogP contribution in [0.4, 0.5) is 8.78 Å². The molecule has 1 heterocycles. The average Bonchev–Trinajstić information content (AvgIpc) is 2.41. The Hall–Kier alpha value is -2.54. The van der Waals surface area contributed by atoms with Crippen molar-refractivity contribution in [2.75, 3.05) is 0 Å². The summed E-state index contributed by atoms with van der Waals surface area (Å²) in [5, 5.41) is 19.2. The normalized spacial score (nSPS) is 17.5. The van der Waals surface area contributed by atoms with E-state index in [2.05, 4.69) is 4.74 Å². The molecule has 7 heteroatoms. The van der Waals surface area contributed by atoms with Crippen LogP contribution < -0.4 is 0 Å². The molecule has 0 radical (unpaired) electrons. The van der Waals surface area contributed by atoms with Crippen molar-refractivity contribution >= 4 is 23.0 Å². The first-order valence-corrected chi connectivity index (χ1v) is 5.94. The molecular weight excluding hydrogens is 286 g/mol. The van der Waals surface area contributed by atoms with Gasteiger partial charge in [-0.1, -0.05) is 0 Å². The Bertz CT molecular complexity index is 800. The monoisotopic (exact) mass is 294 g/mol. The molecule has 0 fully saturated rings. The second kappa shape index (κ2) is 4.49. The first-order chi connectivity index (χ1) is 9.93. The number of esters is 1. The third-order valence-electron chi connectivity index (χ3n) is 3.41. The summed E-state index contributed by atoms with van der Waals surface area (Å²) >= 11 is 0. The zero-order chi connectivity index (χ0) is 15.3. The summed E-state index contributed by atoms with van der Waals surface area (Å²) in [5.74, 6) is -3.97. The van der Waals surface area contributed by atoms with Crippen LogP contribution in [0.25, 0.3) is 10.8 Å². The second-order valence-corrected chi connectivity index (χ2v) is 4.61. The van der Waals surface area contributed by atoms with Gasteiger partial charge in [-0.05, 0) is 17.7 Å². The minimum Gasteiger partial charge on any atom is -0.507 e. The van der Waals surface area contributed by atoms with Gasteiger partial charge in [0.2, 0.25) is 6.29 Å². The van der Waals surface area contributed by atoms with Crippen LogP contribution in [0, 0.1) is 11.6 Å². The number of phenolic OH excluding ortho intramolecular Hbond substituents is 1. The van der Waals surface area contributed by atoms with Crippen molar-refractivity contribution in [1.29, 1.82) is 0 Å². The molecular formula is C14H8F2O5. The highest BCUT2D eigenvalue weighted by molar-refractivity contribution is 6.11. The summed E-state index contributed by atoms with van der Waals surface area (Å²) in [6.45, 7) is 0. The number of phenols is 1. The van der Waals surface area contributed by atoms with Crippen LogP contribution >= 0.6 is 0 Å². The number of benzene rings is 2. The van der Waals surface area contributed by atoms with Crippen LogP contribution in [-0.2, 0) is 11.2 Å². The zero-order valence-electron chi connectivity index (χ0n) is 10.4. The Morgan fingerprint density at radius 2 is 1.86 bits per heavy atom. The molecule has 1 aliphatic rings. The van der Waals surface area contributed by atoms with Crippen LogP contribution in [-0.4, -0.2) is 28.8 Å². The summed E-state index contributed by atoms with van der Waals surface area (Å²) in [6, 6.07) is 1.45. The van der Waals surface area contributed by atoms with E-state index in [-0.39, 0.29) is 33.9 Å². The Morgan fingerprint density at radius 1 is 1.24 bits per heavy atom. The van der Waals surface area contributed by atoms with Crippen LogP contribution in [0.15, 0.2) is 12.1 Å². The number of carbonyl (C=O) groups is 2. The van der Waals surface area contributed by atoms with E-state index in [1.807, 2.05) is 0 Å². The van der Waals surface area contributed by atoms with Crippen molar-refractivity contribution in [3.8, 4) is 5.75 Å². The van der Waals surface area contributed by atoms with Gasteiger partial charge in [-0.2, -0.15) is 0 Å². The van der Waals surface area contributed by atoms with Crippen molar-refractivity contribution in [2.45, 2.75) is 12.7 Å². The molecule has 0 amide bonds. The quantitative estimate of drug-likeness (QED) is 0.617. The van der Waals surface area contributed by atoms with E-state index >= 15 is 0 Å². The van der Waals surface area contributed by atoms with E-state index in [9.17, 15) is 28.6 Å². The van der Waals surface area contributed by atoms with E-state index in [1.54, 1.807) is 0 Å². The highest BCUT2D eigenvalue weighted by Crippen LogP contribution is 2.38. The van der Waals surface area contributed by atoms with E-state index in [0.29, 0.717) is 12.4 Å². The fourth-order valence-corrected chi connectivity index (χ4v) is 2.51. The van der Waals surface area contributed by atoms with E-state index in [0.717, 1.165) is 6.07 Å². The molecule has 0 saturated carbocycles. The fourth-order valence-electron chi connectivity index (χ4n) is 2.51. The first-order valence-electron chi connectivity index (χ1n) is 5.94. The molecule has 1 atom stereocenters. The van der Waals surface area contributed by atoms with Crippen molar-refractivity contribution in [3.05, 3.63) is 40.5 Å². The van der Waals surface area contributed by atoms with Crippen LogP contribution in [0.3, 0.4) is 0 Å². The number of aliphatic hydroxyl groups excluding tert-OH is 1. The molecule has 0 saturated heterocycles. The molecule has 1 unspecified atom stereocenters. The van der Waals surface area contributed by atoms with Crippen molar-refractivity contribution in [3.63, 3.8) is 0 Å². The number of aldehydes is 1. The molecule has 0 aliphatic carbocycles. The predicted octanol–water partition coefficient (Wildman–Crippen LogP) is 1.67. The molecule has 2 aromatic carbocycles. The second-order valence-electron chi connectivity index (χ2n) is 4.61. The number of rotatable bonds is 1. The minimum atomic E-state index is -1.47. The number of aromatic hydroxyl groups is 1. The summed E-state index contributed by atoms with van der Waals surface area (Å²) in [6.07, 6.45) is -1.40. The third-order valence-corrected chi connectivity index (χ3v) is 3.41. The summed E-state index contributed by atoms with van der Waals surface area (Å²) in [7, 11) is 0. The maximum atomic E-state index is 13.4. The number of aliphatic hydroxyl groups is 1. The van der Waals surface area contributed by atoms with Gasteiger partial charge in [-0.25, -0.2) is 13.6 Å². The molecule has 108 valence electrons. The van der Waals surface area contributed by atoms with Crippen molar-refractivity contribution in [1.82, 2.24) is 0 Å². The van der Waals surface area contributed by atoms with Crippen molar-refractivity contribution < 1.29 is 33.3 Å². The number of fused-ring (bicyclic) bond motifs is 3. The smallest absolute Gasteiger partial charge is 0.341 e. The van der Waals surface area contributed by atoms with E-state index in [4.69, 9.17) is 0 Å². The standard InChI is InChI=1S/C14H8F2O5/c15-9-1-5-7(2-10(9)16)13(19)8(4-17)6-3-11(18)21-14(20)12(5)6/h1-2,4,11,18-19H,3H2. The maximum Gasteiger partial charge on any atom is 0.341 e.